The van der Waals surface area contributed by atoms with Gasteiger partial charge in [-0.25, -0.2) is 0 Å². The Morgan fingerprint density at radius 1 is 1.47 bits per heavy atom. The van der Waals surface area contributed by atoms with Crippen LogP contribution in [0.4, 0.5) is 0 Å². The second kappa shape index (κ2) is 5.12. The molecule has 0 amide bonds. The summed E-state index contributed by atoms with van der Waals surface area (Å²) in [5.41, 5.74) is 7.83. The van der Waals surface area contributed by atoms with Gasteiger partial charge in [-0.3, -0.25) is 0 Å². The van der Waals surface area contributed by atoms with Crippen molar-refractivity contribution in [2.45, 2.75) is 33.3 Å². The highest BCUT2D eigenvalue weighted by atomic mass is 32.1. The molecule has 0 radical (unpaired) electrons. The van der Waals surface area contributed by atoms with E-state index in [0.717, 1.165) is 11.3 Å². The SMILES string of the molecule is Cc1cccc(OC(C)C)c1CC(N)=S. The number of thiocarbonyl (C=S) groups is 1. The van der Waals surface area contributed by atoms with Crippen LogP contribution in [0.2, 0.25) is 0 Å². The molecule has 0 atom stereocenters. The van der Waals surface area contributed by atoms with Crippen LogP contribution in [0.3, 0.4) is 0 Å². The van der Waals surface area contributed by atoms with Gasteiger partial charge in [0.25, 0.3) is 0 Å². The summed E-state index contributed by atoms with van der Waals surface area (Å²) in [5.74, 6) is 0.887. The van der Waals surface area contributed by atoms with Crippen molar-refractivity contribution >= 4 is 17.2 Å². The molecule has 82 valence electrons. The molecule has 0 aliphatic heterocycles. The van der Waals surface area contributed by atoms with Crippen LogP contribution in [-0.2, 0) is 6.42 Å². The van der Waals surface area contributed by atoms with Gasteiger partial charge in [-0.15, -0.1) is 0 Å². The molecule has 1 aromatic carbocycles. The maximum Gasteiger partial charge on any atom is 0.123 e. The van der Waals surface area contributed by atoms with Gasteiger partial charge in [-0.2, -0.15) is 0 Å². The third-order valence-corrected chi connectivity index (χ3v) is 2.23. The number of nitrogens with two attached hydrogens (primary N) is 1. The highest BCUT2D eigenvalue weighted by molar-refractivity contribution is 7.80. The highest BCUT2D eigenvalue weighted by Gasteiger charge is 2.08. The molecular weight excluding hydrogens is 206 g/mol. The maximum absolute atomic E-state index is 5.71. The number of ether oxygens (including phenoxy) is 1. The van der Waals surface area contributed by atoms with E-state index in [0.29, 0.717) is 11.4 Å². The van der Waals surface area contributed by atoms with E-state index in [2.05, 4.69) is 0 Å². The zero-order valence-electron chi connectivity index (χ0n) is 9.41. The number of hydrogen-bond acceptors (Lipinski definition) is 2. The number of benzene rings is 1. The fourth-order valence-corrected chi connectivity index (χ4v) is 1.58. The Bertz CT molecular complexity index is 361. The van der Waals surface area contributed by atoms with Crippen LogP contribution in [0.5, 0.6) is 5.75 Å². The second-order valence-electron chi connectivity index (χ2n) is 3.86. The standard InChI is InChI=1S/C12H17NOS/c1-8(2)14-11-6-4-5-9(3)10(11)7-12(13)15/h4-6,8H,7H2,1-3H3,(H2,13,15). The van der Waals surface area contributed by atoms with Crippen LogP contribution in [0, 0.1) is 6.92 Å². The maximum atomic E-state index is 5.71. The first-order valence-corrected chi connectivity index (χ1v) is 5.45. The van der Waals surface area contributed by atoms with E-state index < -0.39 is 0 Å². The lowest BCUT2D eigenvalue weighted by Crippen LogP contribution is -2.15. The minimum atomic E-state index is 0.164. The molecule has 0 saturated heterocycles. The molecule has 1 aromatic rings. The molecule has 2 nitrogen and oxygen atoms in total. The Morgan fingerprint density at radius 2 is 2.13 bits per heavy atom. The molecule has 15 heavy (non-hydrogen) atoms. The van der Waals surface area contributed by atoms with E-state index in [1.807, 2.05) is 39.0 Å². The summed E-state index contributed by atoms with van der Waals surface area (Å²) in [6.45, 7) is 6.06. The van der Waals surface area contributed by atoms with Crippen LogP contribution in [0.15, 0.2) is 18.2 Å². The van der Waals surface area contributed by atoms with Gasteiger partial charge in [0.15, 0.2) is 0 Å². The van der Waals surface area contributed by atoms with Gasteiger partial charge >= 0.3 is 0 Å². The Kier molecular flexibility index (Phi) is 4.09. The van der Waals surface area contributed by atoms with Crippen molar-refractivity contribution in [2.75, 3.05) is 0 Å². The second-order valence-corrected chi connectivity index (χ2v) is 4.39. The topological polar surface area (TPSA) is 35.2 Å². The molecule has 0 aromatic heterocycles. The average Bonchev–Trinajstić information content (AvgIpc) is 2.09. The largest absolute Gasteiger partial charge is 0.491 e. The lowest BCUT2D eigenvalue weighted by molar-refractivity contribution is 0.240. The fraction of sp³-hybridized carbons (Fsp3) is 0.417. The van der Waals surface area contributed by atoms with E-state index in [1.165, 1.54) is 5.56 Å². The van der Waals surface area contributed by atoms with Gasteiger partial charge in [0.2, 0.25) is 0 Å². The van der Waals surface area contributed by atoms with Crippen LogP contribution < -0.4 is 10.5 Å². The van der Waals surface area contributed by atoms with E-state index in [9.17, 15) is 0 Å². The van der Waals surface area contributed by atoms with Crippen LogP contribution in [-0.4, -0.2) is 11.1 Å². The molecule has 1 rings (SSSR count). The molecule has 0 saturated carbocycles. The first-order chi connectivity index (χ1) is 7.00. The predicted octanol–water partition coefficient (Wildman–Crippen LogP) is 2.61. The van der Waals surface area contributed by atoms with E-state index in [4.69, 9.17) is 22.7 Å². The van der Waals surface area contributed by atoms with Gasteiger partial charge < -0.3 is 10.5 Å². The molecule has 0 aliphatic carbocycles. The molecule has 0 bridgehead atoms. The molecule has 0 heterocycles. The number of rotatable bonds is 4. The highest BCUT2D eigenvalue weighted by Crippen LogP contribution is 2.23. The van der Waals surface area contributed by atoms with E-state index in [-0.39, 0.29) is 6.10 Å². The average molecular weight is 223 g/mol. The molecule has 0 unspecified atom stereocenters. The normalized spacial score (nSPS) is 10.4. The quantitative estimate of drug-likeness (QED) is 0.797. The first-order valence-electron chi connectivity index (χ1n) is 5.04. The van der Waals surface area contributed by atoms with Crippen molar-refractivity contribution in [1.82, 2.24) is 0 Å². The first kappa shape index (κ1) is 12.0. The molecule has 0 fully saturated rings. The minimum Gasteiger partial charge on any atom is -0.491 e. The third-order valence-electron chi connectivity index (χ3n) is 2.08. The summed E-state index contributed by atoms with van der Waals surface area (Å²) in [5, 5.41) is 0. The Hall–Kier alpha value is -1.09. The van der Waals surface area contributed by atoms with Gasteiger partial charge in [-0.05, 0) is 32.4 Å². The van der Waals surface area contributed by atoms with Crippen molar-refractivity contribution in [3.63, 3.8) is 0 Å². The fourth-order valence-electron chi connectivity index (χ4n) is 1.44. The molecular formula is C12H17NOS. The van der Waals surface area contributed by atoms with Crippen molar-refractivity contribution in [3.8, 4) is 5.75 Å². The van der Waals surface area contributed by atoms with Crippen molar-refractivity contribution < 1.29 is 4.74 Å². The van der Waals surface area contributed by atoms with Crippen LogP contribution in [0.25, 0.3) is 0 Å². The summed E-state index contributed by atoms with van der Waals surface area (Å²) in [7, 11) is 0. The zero-order chi connectivity index (χ0) is 11.4. The molecule has 3 heteroatoms. The summed E-state index contributed by atoms with van der Waals surface area (Å²) in [6, 6.07) is 5.98. The summed E-state index contributed by atoms with van der Waals surface area (Å²) in [6.07, 6.45) is 0.765. The minimum absolute atomic E-state index is 0.164. The van der Waals surface area contributed by atoms with Gasteiger partial charge in [0.05, 0.1) is 11.1 Å². The van der Waals surface area contributed by atoms with E-state index >= 15 is 0 Å². The van der Waals surface area contributed by atoms with Gasteiger partial charge in [0, 0.05) is 12.0 Å². The molecule has 0 spiro atoms. The monoisotopic (exact) mass is 223 g/mol. The van der Waals surface area contributed by atoms with Crippen molar-refractivity contribution in [3.05, 3.63) is 29.3 Å². The Balaban J connectivity index is 3.02. The Labute approximate surface area is 96.4 Å². The molecule has 2 N–H and O–H groups in total. The molecule has 0 aliphatic rings. The predicted molar refractivity (Wildman–Crippen MR) is 67.4 cm³/mol. The third kappa shape index (κ3) is 3.51. The van der Waals surface area contributed by atoms with Crippen LogP contribution in [0.1, 0.15) is 25.0 Å². The number of aryl methyl sites for hydroxylation is 1. The van der Waals surface area contributed by atoms with Gasteiger partial charge in [0.1, 0.15) is 5.75 Å². The van der Waals surface area contributed by atoms with Gasteiger partial charge in [-0.1, -0.05) is 24.4 Å². The van der Waals surface area contributed by atoms with E-state index in [1.54, 1.807) is 0 Å². The summed E-state index contributed by atoms with van der Waals surface area (Å²) in [4.78, 5) is 0.498. The lowest BCUT2D eigenvalue weighted by atomic mass is 10.0. The van der Waals surface area contributed by atoms with Crippen molar-refractivity contribution in [2.24, 2.45) is 5.73 Å². The zero-order valence-corrected chi connectivity index (χ0v) is 10.2. The van der Waals surface area contributed by atoms with Crippen molar-refractivity contribution in [1.29, 1.82) is 0 Å². The summed E-state index contributed by atoms with van der Waals surface area (Å²) < 4.78 is 5.71. The summed E-state index contributed by atoms with van der Waals surface area (Å²) >= 11 is 4.93. The van der Waals surface area contributed by atoms with Crippen LogP contribution >= 0.6 is 12.2 Å². The smallest absolute Gasteiger partial charge is 0.123 e. The lowest BCUT2D eigenvalue weighted by Gasteiger charge is -2.15. The number of hydrogen-bond donors (Lipinski definition) is 1. The Morgan fingerprint density at radius 3 is 2.67 bits per heavy atom.